The first-order chi connectivity index (χ1) is 4.22. The average molecular weight is 133 g/mol. The van der Waals surface area contributed by atoms with E-state index in [9.17, 15) is 4.79 Å². The molecule has 9 heavy (non-hydrogen) atoms. The van der Waals surface area contributed by atoms with Gasteiger partial charge < -0.3 is 15.6 Å². The summed E-state index contributed by atoms with van der Waals surface area (Å²) in [5, 5.41) is 8.66. The quantitative estimate of drug-likeness (QED) is 0.478. The lowest BCUT2D eigenvalue weighted by Crippen LogP contribution is -2.30. The zero-order valence-corrected chi connectivity index (χ0v) is 5.33. The van der Waals surface area contributed by atoms with Crippen molar-refractivity contribution in [1.82, 2.24) is 0 Å². The highest BCUT2D eigenvalue weighted by atomic mass is 16.5. The number of carbonyl (C=O) groups excluding carboxylic acids is 1. The van der Waals surface area contributed by atoms with Crippen LogP contribution in [0.3, 0.4) is 0 Å². The van der Waals surface area contributed by atoms with Crippen molar-refractivity contribution in [3.8, 4) is 0 Å². The number of aliphatic hydroxyl groups excluding tert-OH is 1. The molecule has 0 bridgehead atoms. The molecule has 4 nitrogen and oxygen atoms in total. The minimum Gasteiger partial charge on any atom is -0.464 e. The number of nitrogens with two attached hydrogens (primary N) is 1. The molecular formula is C5H11NO3. The van der Waals surface area contributed by atoms with Crippen LogP contribution in [0.4, 0.5) is 0 Å². The third kappa shape index (κ3) is 3.05. The summed E-state index contributed by atoms with van der Waals surface area (Å²) < 4.78 is 4.43. The van der Waals surface area contributed by atoms with Gasteiger partial charge in [-0.2, -0.15) is 0 Å². The fourth-order valence-corrected chi connectivity index (χ4v) is 0.335. The summed E-state index contributed by atoms with van der Waals surface area (Å²) in [7, 11) is 0. The van der Waals surface area contributed by atoms with Gasteiger partial charge in [-0.05, 0) is 6.92 Å². The van der Waals surface area contributed by atoms with Crippen LogP contribution in [-0.2, 0) is 9.53 Å². The Hall–Kier alpha value is -0.610. The van der Waals surface area contributed by atoms with Gasteiger partial charge in [0.2, 0.25) is 0 Å². The largest absolute Gasteiger partial charge is 0.464 e. The maximum atomic E-state index is 10.4. The number of ether oxygens (including phenoxy) is 1. The van der Waals surface area contributed by atoms with Crippen LogP contribution in [0.25, 0.3) is 0 Å². The topological polar surface area (TPSA) is 72.5 Å². The van der Waals surface area contributed by atoms with Crippen molar-refractivity contribution in [1.29, 1.82) is 0 Å². The SMILES string of the molecule is CCOC(=O)C(O)CN. The molecule has 0 amide bonds. The lowest BCUT2D eigenvalue weighted by atomic mass is 10.4. The van der Waals surface area contributed by atoms with Crippen molar-refractivity contribution >= 4 is 5.97 Å². The van der Waals surface area contributed by atoms with Gasteiger partial charge in [0.25, 0.3) is 0 Å². The highest BCUT2D eigenvalue weighted by molar-refractivity contribution is 5.74. The third-order valence-corrected chi connectivity index (χ3v) is 0.782. The maximum absolute atomic E-state index is 10.4. The molecule has 0 saturated heterocycles. The fraction of sp³-hybridized carbons (Fsp3) is 0.800. The number of carbonyl (C=O) groups is 1. The lowest BCUT2D eigenvalue weighted by Gasteiger charge is -2.04. The van der Waals surface area contributed by atoms with E-state index < -0.39 is 12.1 Å². The third-order valence-electron chi connectivity index (χ3n) is 0.782. The Bertz CT molecular complexity index is 94.2. The van der Waals surface area contributed by atoms with Gasteiger partial charge in [-0.1, -0.05) is 0 Å². The molecule has 1 unspecified atom stereocenters. The van der Waals surface area contributed by atoms with Crippen LogP contribution < -0.4 is 5.73 Å². The van der Waals surface area contributed by atoms with Crippen LogP contribution >= 0.6 is 0 Å². The first-order valence-electron chi connectivity index (χ1n) is 2.77. The molecule has 0 saturated carbocycles. The van der Waals surface area contributed by atoms with Crippen molar-refractivity contribution in [2.75, 3.05) is 13.2 Å². The summed E-state index contributed by atoms with van der Waals surface area (Å²) in [6, 6.07) is 0. The molecule has 0 aromatic heterocycles. The number of hydrogen-bond acceptors (Lipinski definition) is 4. The first-order valence-corrected chi connectivity index (χ1v) is 2.77. The summed E-state index contributed by atoms with van der Waals surface area (Å²) in [6.45, 7) is 1.86. The zero-order chi connectivity index (χ0) is 7.28. The van der Waals surface area contributed by atoms with Gasteiger partial charge in [0, 0.05) is 6.54 Å². The van der Waals surface area contributed by atoms with Crippen molar-refractivity contribution < 1.29 is 14.6 Å². The van der Waals surface area contributed by atoms with E-state index in [0.29, 0.717) is 0 Å². The van der Waals surface area contributed by atoms with Crippen molar-refractivity contribution in [3.05, 3.63) is 0 Å². The van der Waals surface area contributed by atoms with Gasteiger partial charge >= 0.3 is 5.97 Å². The van der Waals surface area contributed by atoms with Crippen molar-refractivity contribution in [2.45, 2.75) is 13.0 Å². The number of aliphatic hydroxyl groups is 1. The number of hydrogen-bond donors (Lipinski definition) is 2. The first kappa shape index (κ1) is 8.39. The minimum absolute atomic E-state index is 0.0845. The highest BCUT2D eigenvalue weighted by Crippen LogP contribution is 1.84. The van der Waals surface area contributed by atoms with Crippen LogP contribution in [0.1, 0.15) is 6.92 Å². The molecule has 0 aliphatic heterocycles. The van der Waals surface area contributed by atoms with E-state index in [1.54, 1.807) is 6.92 Å². The molecule has 0 radical (unpaired) electrons. The minimum atomic E-state index is -1.16. The molecule has 54 valence electrons. The maximum Gasteiger partial charge on any atom is 0.336 e. The second-order valence-corrected chi connectivity index (χ2v) is 1.50. The van der Waals surface area contributed by atoms with Crippen molar-refractivity contribution in [3.63, 3.8) is 0 Å². The second kappa shape index (κ2) is 4.29. The van der Waals surface area contributed by atoms with Crippen LogP contribution in [0.15, 0.2) is 0 Å². The Balaban J connectivity index is 3.46. The summed E-state index contributed by atoms with van der Waals surface area (Å²) in [4.78, 5) is 10.4. The molecule has 0 aromatic carbocycles. The second-order valence-electron chi connectivity index (χ2n) is 1.50. The van der Waals surface area contributed by atoms with E-state index in [0.717, 1.165) is 0 Å². The highest BCUT2D eigenvalue weighted by Gasteiger charge is 2.12. The molecule has 1 atom stereocenters. The van der Waals surface area contributed by atoms with Crippen LogP contribution in [0.5, 0.6) is 0 Å². The van der Waals surface area contributed by atoms with Gasteiger partial charge in [-0.15, -0.1) is 0 Å². The normalized spacial score (nSPS) is 12.8. The van der Waals surface area contributed by atoms with E-state index in [1.165, 1.54) is 0 Å². The van der Waals surface area contributed by atoms with Crippen LogP contribution in [0.2, 0.25) is 0 Å². The monoisotopic (exact) mass is 133 g/mol. The molecular weight excluding hydrogens is 122 g/mol. The number of esters is 1. The predicted molar refractivity (Wildman–Crippen MR) is 31.7 cm³/mol. The van der Waals surface area contributed by atoms with Gasteiger partial charge in [0.15, 0.2) is 6.10 Å². The zero-order valence-electron chi connectivity index (χ0n) is 5.33. The molecule has 0 rings (SSSR count). The molecule has 4 heteroatoms. The standard InChI is InChI=1S/C5H11NO3/c1-2-9-5(8)4(7)3-6/h4,7H,2-3,6H2,1H3. The van der Waals surface area contributed by atoms with E-state index >= 15 is 0 Å². The number of rotatable bonds is 3. The van der Waals surface area contributed by atoms with Crippen molar-refractivity contribution in [2.24, 2.45) is 5.73 Å². The van der Waals surface area contributed by atoms with Gasteiger partial charge in [0.1, 0.15) is 0 Å². The average Bonchev–Trinajstić information content (AvgIpc) is 1.87. The molecule has 0 spiro atoms. The van der Waals surface area contributed by atoms with E-state index in [1.807, 2.05) is 0 Å². The summed E-state index contributed by atoms with van der Waals surface area (Å²) in [6.07, 6.45) is -1.16. The Labute approximate surface area is 53.6 Å². The lowest BCUT2D eigenvalue weighted by molar-refractivity contribution is -0.152. The van der Waals surface area contributed by atoms with E-state index in [2.05, 4.69) is 4.74 Å². The van der Waals surface area contributed by atoms with E-state index in [4.69, 9.17) is 10.8 Å². The molecule has 0 fully saturated rings. The Morgan fingerprint density at radius 1 is 1.89 bits per heavy atom. The molecule has 3 N–H and O–H groups in total. The molecule has 0 aliphatic carbocycles. The molecule has 0 aliphatic rings. The predicted octanol–water partition coefficient (Wildman–Crippen LogP) is -1.13. The van der Waals surface area contributed by atoms with E-state index in [-0.39, 0.29) is 13.2 Å². The molecule has 0 aromatic rings. The van der Waals surface area contributed by atoms with Gasteiger partial charge in [-0.25, -0.2) is 4.79 Å². The Morgan fingerprint density at radius 3 is 2.78 bits per heavy atom. The molecule has 0 heterocycles. The summed E-state index contributed by atoms with van der Waals surface area (Å²) >= 11 is 0. The van der Waals surface area contributed by atoms with Gasteiger partial charge in [0.05, 0.1) is 6.61 Å². The summed E-state index contributed by atoms with van der Waals surface area (Å²) in [5.74, 6) is -0.653. The summed E-state index contributed by atoms with van der Waals surface area (Å²) in [5.41, 5.74) is 4.95. The van der Waals surface area contributed by atoms with Crippen LogP contribution in [0, 0.1) is 0 Å². The van der Waals surface area contributed by atoms with Gasteiger partial charge in [-0.3, -0.25) is 0 Å². The Kier molecular flexibility index (Phi) is 4.00. The Morgan fingerprint density at radius 2 is 2.44 bits per heavy atom. The fourth-order valence-electron chi connectivity index (χ4n) is 0.335. The van der Waals surface area contributed by atoms with Crippen LogP contribution in [-0.4, -0.2) is 30.3 Å². The smallest absolute Gasteiger partial charge is 0.336 e.